The molecule has 3 heterocycles. The molecule has 0 N–H and O–H groups in total. The second-order valence-electron chi connectivity index (χ2n) is 5.83. The molecule has 0 amide bonds. The number of hydrogen-bond acceptors (Lipinski definition) is 7. The van der Waals surface area contributed by atoms with Gasteiger partial charge < -0.3 is 13.8 Å². The Balaban J connectivity index is 1.63. The summed E-state index contributed by atoms with van der Waals surface area (Å²) in [6.07, 6.45) is -3.20. The number of aromatic nitrogens is 5. The average Bonchev–Trinajstić information content (AvgIpc) is 3.21. The van der Waals surface area contributed by atoms with E-state index in [9.17, 15) is 13.2 Å². The van der Waals surface area contributed by atoms with Gasteiger partial charge in [-0.2, -0.15) is 4.98 Å². The standard InChI is InChI=1S/C15H13F3N6O2/c1-23-7-12-21-19-8-24(12)6-10(23)14-20-13(22-26-14)9-4-2-3-5-11(9)25-15(16,17)18/h2-5,8,10H,6-7H2,1H3. The highest BCUT2D eigenvalue weighted by Gasteiger charge is 2.34. The van der Waals surface area contributed by atoms with Gasteiger partial charge in [0.1, 0.15) is 23.9 Å². The van der Waals surface area contributed by atoms with Gasteiger partial charge in [-0.3, -0.25) is 4.90 Å². The summed E-state index contributed by atoms with van der Waals surface area (Å²) in [5, 5.41) is 11.7. The maximum Gasteiger partial charge on any atom is 0.573 e. The van der Waals surface area contributed by atoms with E-state index in [0.717, 1.165) is 5.82 Å². The average molecular weight is 366 g/mol. The maximum absolute atomic E-state index is 12.6. The van der Waals surface area contributed by atoms with E-state index in [1.54, 1.807) is 12.4 Å². The predicted molar refractivity (Wildman–Crippen MR) is 80.6 cm³/mol. The Hall–Kier alpha value is -2.95. The van der Waals surface area contributed by atoms with Crippen LogP contribution in [0.15, 0.2) is 35.1 Å². The summed E-state index contributed by atoms with van der Waals surface area (Å²) >= 11 is 0. The van der Waals surface area contributed by atoms with Gasteiger partial charge in [0.2, 0.25) is 11.7 Å². The van der Waals surface area contributed by atoms with E-state index in [0.29, 0.717) is 19.0 Å². The van der Waals surface area contributed by atoms with Crippen molar-refractivity contribution in [3.05, 3.63) is 42.3 Å². The number of fused-ring (bicyclic) bond motifs is 1. The highest BCUT2D eigenvalue weighted by Crippen LogP contribution is 2.34. The van der Waals surface area contributed by atoms with E-state index in [2.05, 4.69) is 25.1 Å². The van der Waals surface area contributed by atoms with E-state index in [4.69, 9.17) is 4.52 Å². The molecule has 3 aromatic rings. The largest absolute Gasteiger partial charge is 0.573 e. The van der Waals surface area contributed by atoms with Crippen LogP contribution in [0.4, 0.5) is 13.2 Å². The van der Waals surface area contributed by atoms with Crippen molar-refractivity contribution in [2.75, 3.05) is 7.05 Å². The maximum atomic E-state index is 12.6. The van der Waals surface area contributed by atoms with E-state index in [-0.39, 0.29) is 23.2 Å². The normalized spacial score (nSPS) is 17.9. The number of hydrogen-bond donors (Lipinski definition) is 0. The van der Waals surface area contributed by atoms with Crippen molar-refractivity contribution < 1.29 is 22.4 Å². The lowest BCUT2D eigenvalue weighted by molar-refractivity contribution is -0.274. The number of nitrogens with zero attached hydrogens (tertiary/aromatic N) is 6. The van der Waals surface area contributed by atoms with E-state index in [1.165, 1.54) is 18.2 Å². The summed E-state index contributed by atoms with van der Waals surface area (Å²) < 4.78 is 49.0. The van der Waals surface area contributed by atoms with Crippen LogP contribution in [0.5, 0.6) is 5.75 Å². The molecule has 1 atom stereocenters. The molecular formula is C15H13F3N6O2. The molecular weight excluding hydrogens is 353 g/mol. The van der Waals surface area contributed by atoms with Crippen molar-refractivity contribution in [1.82, 2.24) is 29.8 Å². The quantitative estimate of drug-likeness (QED) is 0.704. The summed E-state index contributed by atoms with van der Waals surface area (Å²) in [7, 11) is 1.87. The second kappa shape index (κ2) is 6.09. The van der Waals surface area contributed by atoms with Gasteiger partial charge in [0.15, 0.2) is 0 Å². The second-order valence-corrected chi connectivity index (χ2v) is 5.83. The molecule has 0 saturated heterocycles. The Morgan fingerprint density at radius 2 is 2.08 bits per heavy atom. The Morgan fingerprint density at radius 1 is 1.27 bits per heavy atom. The fourth-order valence-corrected chi connectivity index (χ4v) is 2.82. The van der Waals surface area contributed by atoms with Crippen molar-refractivity contribution in [3.8, 4) is 17.1 Å². The number of halogens is 3. The van der Waals surface area contributed by atoms with Gasteiger partial charge in [0, 0.05) is 6.54 Å². The topological polar surface area (TPSA) is 82.1 Å². The highest BCUT2D eigenvalue weighted by atomic mass is 19.4. The molecule has 1 aromatic carbocycles. The number of para-hydroxylation sites is 1. The summed E-state index contributed by atoms with van der Waals surface area (Å²) in [6, 6.07) is 5.42. The molecule has 0 bridgehead atoms. The van der Waals surface area contributed by atoms with Crippen molar-refractivity contribution in [1.29, 1.82) is 0 Å². The molecule has 0 spiro atoms. The Kier molecular flexibility index (Phi) is 3.87. The number of ether oxygens (including phenoxy) is 1. The first-order chi connectivity index (χ1) is 12.4. The first kappa shape index (κ1) is 16.5. The molecule has 0 radical (unpaired) electrons. The van der Waals surface area contributed by atoms with Crippen molar-refractivity contribution in [2.24, 2.45) is 0 Å². The van der Waals surface area contributed by atoms with E-state index >= 15 is 0 Å². The molecule has 8 nitrogen and oxygen atoms in total. The van der Waals surface area contributed by atoms with Gasteiger partial charge in [0.25, 0.3) is 0 Å². The first-order valence-electron chi connectivity index (χ1n) is 7.66. The van der Waals surface area contributed by atoms with Crippen LogP contribution in [0.1, 0.15) is 17.8 Å². The smallest absolute Gasteiger partial charge is 0.405 e. The monoisotopic (exact) mass is 366 g/mol. The van der Waals surface area contributed by atoms with Gasteiger partial charge in [-0.25, -0.2) is 0 Å². The minimum atomic E-state index is -4.81. The van der Waals surface area contributed by atoms with Gasteiger partial charge in [-0.15, -0.1) is 23.4 Å². The van der Waals surface area contributed by atoms with Crippen molar-refractivity contribution in [3.63, 3.8) is 0 Å². The summed E-state index contributed by atoms with van der Waals surface area (Å²) in [6.45, 7) is 1.04. The zero-order valence-electron chi connectivity index (χ0n) is 13.5. The lowest BCUT2D eigenvalue weighted by atomic mass is 10.2. The third-order valence-electron chi connectivity index (χ3n) is 4.07. The van der Waals surface area contributed by atoms with Crippen LogP contribution >= 0.6 is 0 Å². The molecule has 0 fully saturated rings. The summed E-state index contributed by atoms with van der Waals surface area (Å²) in [4.78, 5) is 6.24. The molecule has 1 aliphatic rings. The van der Waals surface area contributed by atoms with Crippen LogP contribution in [-0.2, 0) is 13.1 Å². The molecule has 136 valence electrons. The fraction of sp³-hybridized carbons (Fsp3) is 0.333. The molecule has 1 unspecified atom stereocenters. The van der Waals surface area contributed by atoms with Gasteiger partial charge >= 0.3 is 6.36 Å². The summed E-state index contributed by atoms with van der Waals surface area (Å²) in [5.74, 6) is 0.754. The van der Waals surface area contributed by atoms with Gasteiger partial charge in [-0.1, -0.05) is 17.3 Å². The van der Waals surface area contributed by atoms with E-state index < -0.39 is 6.36 Å². The van der Waals surface area contributed by atoms with Gasteiger partial charge in [-0.05, 0) is 19.2 Å². The minimum Gasteiger partial charge on any atom is -0.405 e. The van der Waals surface area contributed by atoms with Gasteiger partial charge in [0.05, 0.1) is 12.1 Å². The summed E-state index contributed by atoms with van der Waals surface area (Å²) in [5.41, 5.74) is 0.100. The number of likely N-dealkylation sites (N-methyl/N-ethyl adjacent to an activating group) is 1. The Bertz CT molecular complexity index is 922. The van der Waals surface area contributed by atoms with Crippen LogP contribution in [-0.4, -0.2) is 43.2 Å². The van der Waals surface area contributed by atoms with Crippen LogP contribution in [0.25, 0.3) is 11.4 Å². The molecule has 0 saturated carbocycles. The van der Waals surface area contributed by atoms with Crippen LogP contribution in [0.2, 0.25) is 0 Å². The lowest BCUT2D eigenvalue weighted by Gasteiger charge is -2.29. The first-order valence-corrected chi connectivity index (χ1v) is 7.66. The fourth-order valence-electron chi connectivity index (χ4n) is 2.82. The molecule has 2 aromatic heterocycles. The van der Waals surface area contributed by atoms with Crippen molar-refractivity contribution >= 4 is 0 Å². The zero-order chi connectivity index (χ0) is 18.3. The Morgan fingerprint density at radius 3 is 2.88 bits per heavy atom. The van der Waals surface area contributed by atoms with Crippen molar-refractivity contribution in [2.45, 2.75) is 25.5 Å². The number of alkyl halides is 3. The van der Waals surface area contributed by atoms with Crippen LogP contribution in [0.3, 0.4) is 0 Å². The highest BCUT2D eigenvalue weighted by molar-refractivity contribution is 5.63. The minimum absolute atomic E-state index is 0.0304. The van der Waals surface area contributed by atoms with Crippen LogP contribution in [0, 0.1) is 0 Å². The zero-order valence-corrected chi connectivity index (χ0v) is 13.5. The Labute approximate surface area is 145 Å². The third-order valence-corrected chi connectivity index (χ3v) is 4.07. The SMILES string of the molecule is CN1Cc2nncn2CC1c1nc(-c2ccccc2OC(F)(F)F)no1. The molecule has 11 heteroatoms. The third kappa shape index (κ3) is 3.12. The number of benzene rings is 1. The molecule has 0 aliphatic carbocycles. The predicted octanol–water partition coefficient (Wildman–Crippen LogP) is 2.41. The van der Waals surface area contributed by atoms with Crippen LogP contribution < -0.4 is 4.74 Å². The molecule has 1 aliphatic heterocycles. The van der Waals surface area contributed by atoms with E-state index in [1.807, 2.05) is 16.5 Å². The number of rotatable bonds is 3. The lowest BCUT2D eigenvalue weighted by Crippen LogP contribution is -2.34. The molecule has 26 heavy (non-hydrogen) atoms. The molecule has 4 rings (SSSR count).